The second-order valence-electron chi connectivity index (χ2n) is 6.87. The van der Waals surface area contributed by atoms with Crippen LogP contribution in [0.3, 0.4) is 0 Å². The fourth-order valence-corrected chi connectivity index (χ4v) is 3.39. The number of aryl methyl sites for hydroxylation is 2. The number of nitrogens with one attached hydrogen (secondary N) is 1. The first-order valence-corrected chi connectivity index (χ1v) is 9.24. The average Bonchev–Trinajstić information content (AvgIpc) is 3.22. The van der Waals surface area contributed by atoms with Crippen molar-refractivity contribution in [3.8, 4) is 5.75 Å². The number of aromatic hydroxyl groups is 1. The van der Waals surface area contributed by atoms with E-state index in [0.29, 0.717) is 18.7 Å². The third-order valence-corrected chi connectivity index (χ3v) is 4.98. The number of aromatic nitrogens is 3. The average molecular weight is 417 g/mol. The van der Waals surface area contributed by atoms with Gasteiger partial charge in [-0.2, -0.15) is 0 Å². The minimum absolute atomic E-state index is 0.0818. The molecular weight excluding hydrogens is 396 g/mol. The van der Waals surface area contributed by atoms with E-state index in [9.17, 15) is 23.5 Å². The van der Waals surface area contributed by atoms with Crippen LogP contribution in [0.15, 0.2) is 41.6 Å². The minimum Gasteiger partial charge on any atom is -0.507 e. The van der Waals surface area contributed by atoms with Gasteiger partial charge in [-0.15, -0.1) is 0 Å². The van der Waals surface area contributed by atoms with E-state index in [2.05, 4.69) is 9.97 Å². The SMILES string of the molecule is COC(=O)C[C@H](c1ccc(F)c(F)c1)c1c(O)cc(C)n(CCc2cnc[nH]2)c1=O. The minimum atomic E-state index is -1.12. The molecule has 2 heterocycles. The summed E-state index contributed by atoms with van der Waals surface area (Å²) in [5.74, 6) is -4.17. The van der Waals surface area contributed by atoms with Crippen molar-refractivity contribution in [2.24, 2.45) is 0 Å². The molecule has 0 bridgehead atoms. The number of carbonyl (C=O) groups is 1. The molecule has 3 rings (SSSR count). The lowest BCUT2D eigenvalue weighted by atomic mass is 9.88. The molecule has 0 aliphatic heterocycles. The molecule has 1 atom stereocenters. The number of hydrogen-bond acceptors (Lipinski definition) is 5. The van der Waals surface area contributed by atoms with Crippen LogP contribution in [0.1, 0.15) is 34.9 Å². The summed E-state index contributed by atoms with van der Waals surface area (Å²) < 4.78 is 33.4. The van der Waals surface area contributed by atoms with Crippen molar-refractivity contribution in [1.29, 1.82) is 0 Å². The lowest BCUT2D eigenvalue weighted by Crippen LogP contribution is -2.29. The van der Waals surface area contributed by atoms with E-state index in [1.807, 2.05) is 0 Å². The summed E-state index contributed by atoms with van der Waals surface area (Å²) in [6.45, 7) is 1.97. The van der Waals surface area contributed by atoms with Gasteiger partial charge in [-0.25, -0.2) is 13.8 Å². The molecule has 2 N–H and O–H groups in total. The Kier molecular flexibility index (Phi) is 6.29. The highest BCUT2D eigenvalue weighted by Gasteiger charge is 2.27. The van der Waals surface area contributed by atoms with E-state index in [1.54, 1.807) is 13.1 Å². The molecule has 7 nitrogen and oxygen atoms in total. The maximum absolute atomic E-state index is 13.9. The van der Waals surface area contributed by atoms with Gasteiger partial charge in [-0.3, -0.25) is 9.59 Å². The van der Waals surface area contributed by atoms with Gasteiger partial charge in [0.15, 0.2) is 11.6 Å². The third-order valence-electron chi connectivity index (χ3n) is 4.98. The molecule has 0 radical (unpaired) electrons. The van der Waals surface area contributed by atoms with Crippen molar-refractivity contribution in [3.63, 3.8) is 0 Å². The lowest BCUT2D eigenvalue weighted by molar-refractivity contribution is -0.140. The van der Waals surface area contributed by atoms with Crippen LogP contribution in [0, 0.1) is 18.6 Å². The molecule has 0 aliphatic carbocycles. The lowest BCUT2D eigenvalue weighted by Gasteiger charge is -2.20. The molecule has 0 saturated heterocycles. The molecule has 0 aliphatic rings. The normalized spacial score (nSPS) is 12.0. The van der Waals surface area contributed by atoms with Crippen molar-refractivity contribution in [2.75, 3.05) is 7.11 Å². The Morgan fingerprint density at radius 3 is 2.70 bits per heavy atom. The topological polar surface area (TPSA) is 97.2 Å². The summed E-state index contributed by atoms with van der Waals surface area (Å²) >= 11 is 0. The Hall–Kier alpha value is -3.49. The number of benzene rings is 1. The predicted molar refractivity (Wildman–Crippen MR) is 104 cm³/mol. The number of ether oxygens (including phenoxy) is 1. The standard InChI is InChI=1S/C21H21F2N3O4/c1-12-7-18(27)20(21(29)26(12)6-5-14-10-24-11-25-14)15(9-19(28)30-2)13-3-4-16(22)17(23)8-13/h3-4,7-8,10-11,15,27H,5-6,9H2,1-2H3,(H,24,25)/t15-/m1/s1. The fraction of sp³-hybridized carbons (Fsp3) is 0.286. The zero-order chi connectivity index (χ0) is 21.8. The Labute approximate surface area is 171 Å². The van der Waals surface area contributed by atoms with E-state index in [1.165, 1.54) is 30.1 Å². The maximum atomic E-state index is 13.9. The van der Waals surface area contributed by atoms with Crippen LogP contribution >= 0.6 is 0 Å². The second kappa shape index (κ2) is 8.89. The molecule has 0 amide bonds. The van der Waals surface area contributed by atoms with E-state index < -0.39 is 29.1 Å². The highest BCUT2D eigenvalue weighted by atomic mass is 19.2. The number of aromatic amines is 1. The molecular formula is C21H21F2N3O4. The Morgan fingerprint density at radius 2 is 2.07 bits per heavy atom. The molecule has 30 heavy (non-hydrogen) atoms. The number of hydrogen-bond donors (Lipinski definition) is 2. The third kappa shape index (κ3) is 4.40. The van der Waals surface area contributed by atoms with Crippen LogP contribution in [0.25, 0.3) is 0 Å². The van der Waals surface area contributed by atoms with Crippen LogP contribution in [0.5, 0.6) is 5.75 Å². The first kappa shape index (κ1) is 21.2. The number of esters is 1. The summed E-state index contributed by atoms with van der Waals surface area (Å²) in [6, 6.07) is 4.51. The Morgan fingerprint density at radius 1 is 1.30 bits per heavy atom. The fourth-order valence-electron chi connectivity index (χ4n) is 3.39. The molecule has 9 heteroatoms. The molecule has 0 spiro atoms. The van der Waals surface area contributed by atoms with E-state index in [-0.39, 0.29) is 23.3 Å². The number of imidazole rings is 1. The highest BCUT2D eigenvalue weighted by molar-refractivity contribution is 5.71. The van der Waals surface area contributed by atoms with E-state index >= 15 is 0 Å². The molecule has 2 aromatic heterocycles. The number of carbonyl (C=O) groups excluding carboxylic acids is 1. The number of methoxy groups -OCH3 is 1. The van der Waals surface area contributed by atoms with Crippen LogP contribution < -0.4 is 5.56 Å². The van der Waals surface area contributed by atoms with Gasteiger partial charge in [0, 0.05) is 36.5 Å². The van der Waals surface area contributed by atoms with Crippen molar-refractivity contribution in [1.82, 2.24) is 14.5 Å². The van der Waals surface area contributed by atoms with Gasteiger partial charge in [0.1, 0.15) is 5.75 Å². The van der Waals surface area contributed by atoms with Crippen molar-refractivity contribution in [2.45, 2.75) is 32.2 Å². The van der Waals surface area contributed by atoms with Crippen LogP contribution in [0.4, 0.5) is 8.78 Å². The van der Waals surface area contributed by atoms with Crippen molar-refractivity contribution in [3.05, 3.63) is 81.3 Å². The highest BCUT2D eigenvalue weighted by Crippen LogP contribution is 2.33. The molecule has 0 fully saturated rings. The predicted octanol–water partition coefficient (Wildman–Crippen LogP) is 2.80. The molecule has 1 aromatic carbocycles. The van der Waals surface area contributed by atoms with Crippen molar-refractivity contribution < 1.29 is 23.4 Å². The van der Waals surface area contributed by atoms with Gasteiger partial charge in [0.25, 0.3) is 5.56 Å². The zero-order valence-corrected chi connectivity index (χ0v) is 16.5. The second-order valence-corrected chi connectivity index (χ2v) is 6.87. The number of nitrogens with zero attached hydrogens (tertiary/aromatic N) is 2. The van der Waals surface area contributed by atoms with Crippen molar-refractivity contribution >= 4 is 5.97 Å². The first-order valence-electron chi connectivity index (χ1n) is 9.24. The van der Waals surface area contributed by atoms with Crippen LogP contribution in [-0.2, 0) is 22.5 Å². The number of rotatable bonds is 7. The van der Waals surface area contributed by atoms with Gasteiger partial charge >= 0.3 is 5.97 Å². The molecule has 158 valence electrons. The summed E-state index contributed by atoms with van der Waals surface area (Å²) in [7, 11) is 1.18. The quantitative estimate of drug-likeness (QED) is 0.576. The summed E-state index contributed by atoms with van der Waals surface area (Å²) in [5, 5.41) is 10.5. The summed E-state index contributed by atoms with van der Waals surface area (Å²) in [6.07, 6.45) is 3.33. The number of pyridine rings is 1. The van der Waals surface area contributed by atoms with Gasteiger partial charge in [-0.05, 0) is 30.7 Å². The molecule has 3 aromatic rings. The van der Waals surface area contributed by atoms with Crippen LogP contribution in [-0.4, -0.2) is 32.7 Å². The number of H-pyrrole nitrogens is 1. The molecule has 0 unspecified atom stereocenters. The monoisotopic (exact) mass is 417 g/mol. The van der Waals surface area contributed by atoms with E-state index in [4.69, 9.17) is 4.74 Å². The summed E-state index contributed by atoms with van der Waals surface area (Å²) in [4.78, 5) is 32.1. The first-order chi connectivity index (χ1) is 14.3. The van der Waals surface area contributed by atoms with Gasteiger partial charge in [-0.1, -0.05) is 6.07 Å². The zero-order valence-electron chi connectivity index (χ0n) is 16.5. The van der Waals surface area contributed by atoms with Gasteiger partial charge < -0.3 is 19.4 Å². The summed E-state index contributed by atoms with van der Waals surface area (Å²) in [5.41, 5.74) is 0.911. The van der Waals surface area contributed by atoms with Gasteiger partial charge in [0.05, 0.1) is 25.4 Å². The van der Waals surface area contributed by atoms with Gasteiger partial charge in [0.2, 0.25) is 0 Å². The maximum Gasteiger partial charge on any atom is 0.306 e. The van der Waals surface area contributed by atoms with Crippen LogP contribution in [0.2, 0.25) is 0 Å². The Balaban J connectivity index is 2.09. The van der Waals surface area contributed by atoms with E-state index in [0.717, 1.165) is 17.8 Å². The number of halogens is 2. The largest absolute Gasteiger partial charge is 0.507 e. The molecule has 0 saturated carbocycles. The Bertz CT molecular complexity index is 1110. The smallest absolute Gasteiger partial charge is 0.306 e.